The minimum Gasteiger partial charge on any atom is -0.327 e. The lowest BCUT2D eigenvalue weighted by Crippen LogP contribution is -2.12. The number of nitriles is 1. The van der Waals surface area contributed by atoms with E-state index in [4.69, 9.17) is 5.26 Å². The van der Waals surface area contributed by atoms with Gasteiger partial charge in [0.05, 0.1) is 23.7 Å². The zero-order valence-electron chi connectivity index (χ0n) is 9.72. The molecule has 1 aromatic carbocycles. The second-order valence-corrected chi connectivity index (χ2v) is 3.83. The molecule has 2 aromatic rings. The normalized spacial score (nSPS) is 10.1. The number of imidazole rings is 1. The van der Waals surface area contributed by atoms with Gasteiger partial charge < -0.3 is 4.57 Å². The molecule has 1 heterocycles. The Morgan fingerprint density at radius 2 is 2.33 bits per heavy atom. The number of benzene rings is 1. The van der Waals surface area contributed by atoms with Gasteiger partial charge >= 0.3 is 0 Å². The van der Waals surface area contributed by atoms with Crippen molar-refractivity contribution in [2.45, 2.75) is 13.5 Å². The molecular weight excluding hydrogens is 233 g/mol. The predicted octanol–water partition coefficient (Wildman–Crippen LogP) is 2.09. The summed E-state index contributed by atoms with van der Waals surface area (Å²) in [5.74, 6) is -0.317. The smallest absolute Gasteiger partial charge is 0.185 e. The van der Waals surface area contributed by atoms with Gasteiger partial charge in [-0.15, -0.1) is 0 Å². The highest BCUT2D eigenvalue weighted by atomic mass is 19.1. The number of rotatable bonds is 3. The highest BCUT2D eigenvalue weighted by molar-refractivity contribution is 5.96. The molecular formula is C13H10FN3O. The molecule has 5 heteroatoms. The van der Waals surface area contributed by atoms with Crippen LogP contribution in [0.5, 0.6) is 0 Å². The number of hydrogen-bond acceptors (Lipinski definition) is 3. The van der Waals surface area contributed by atoms with Crippen LogP contribution in [0.1, 0.15) is 21.7 Å². The van der Waals surface area contributed by atoms with Crippen molar-refractivity contribution in [3.8, 4) is 6.07 Å². The van der Waals surface area contributed by atoms with E-state index >= 15 is 0 Å². The van der Waals surface area contributed by atoms with Gasteiger partial charge in [-0.1, -0.05) is 0 Å². The summed E-state index contributed by atoms with van der Waals surface area (Å²) in [6, 6.07) is 5.62. The fourth-order valence-electron chi connectivity index (χ4n) is 1.62. The van der Waals surface area contributed by atoms with Crippen LogP contribution in [-0.4, -0.2) is 15.3 Å². The third-order valence-corrected chi connectivity index (χ3v) is 2.63. The first-order chi connectivity index (χ1) is 8.61. The summed E-state index contributed by atoms with van der Waals surface area (Å²) >= 11 is 0. The van der Waals surface area contributed by atoms with E-state index in [1.807, 2.05) is 6.07 Å². The summed E-state index contributed by atoms with van der Waals surface area (Å²) in [6.45, 7) is 1.77. The zero-order chi connectivity index (χ0) is 13.1. The van der Waals surface area contributed by atoms with Crippen LogP contribution in [0.25, 0.3) is 0 Å². The molecule has 0 aliphatic rings. The third kappa shape index (κ3) is 2.28. The fraction of sp³-hybridized carbons (Fsp3) is 0.154. The van der Waals surface area contributed by atoms with Gasteiger partial charge in [-0.3, -0.25) is 4.79 Å². The molecule has 0 radical (unpaired) electrons. The van der Waals surface area contributed by atoms with E-state index in [0.29, 0.717) is 5.82 Å². The third-order valence-electron chi connectivity index (χ3n) is 2.63. The van der Waals surface area contributed by atoms with Gasteiger partial charge in [0.2, 0.25) is 0 Å². The molecule has 0 bridgehead atoms. The Kier molecular flexibility index (Phi) is 3.20. The molecule has 4 nitrogen and oxygen atoms in total. The van der Waals surface area contributed by atoms with Gasteiger partial charge in [-0.2, -0.15) is 5.26 Å². The quantitative estimate of drug-likeness (QED) is 0.775. The van der Waals surface area contributed by atoms with Crippen LogP contribution in [0, 0.1) is 24.1 Å². The van der Waals surface area contributed by atoms with Crippen LogP contribution in [0.2, 0.25) is 0 Å². The van der Waals surface area contributed by atoms with Crippen molar-refractivity contribution in [1.82, 2.24) is 9.55 Å². The van der Waals surface area contributed by atoms with Crippen LogP contribution in [0.3, 0.4) is 0 Å². The highest BCUT2D eigenvalue weighted by Gasteiger charge is 2.13. The average Bonchev–Trinajstić information content (AvgIpc) is 2.75. The Bertz CT molecular complexity index is 640. The second-order valence-electron chi connectivity index (χ2n) is 3.83. The summed E-state index contributed by atoms with van der Waals surface area (Å²) < 4.78 is 15.2. The Morgan fingerprint density at radius 3 is 2.94 bits per heavy atom. The average molecular weight is 243 g/mol. The van der Waals surface area contributed by atoms with Crippen molar-refractivity contribution >= 4 is 5.78 Å². The Labute approximate surface area is 103 Å². The van der Waals surface area contributed by atoms with Crippen molar-refractivity contribution in [2.75, 3.05) is 0 Å². The molecule has 2 rings (SSSR count). The van der Waals surface area contributed by atoms with E-state index in [2.05, 4.69) is 4.98 Å². The number of carbonyl (C=O) groups is 1. The number of aromatic nitrogens is 2. The molecule has 0 spiro atoms. The monoisotopic (exact) mass is 243 g/mol. The minimum absolute atomic E-state index is 0.0115. The number of halogens is 1. The van der Waals surface area contributed by atoms with E-state index < -0.39 is 5.82 Å². The van der Waals surface area contributed by atoms with Crippen molar-refractivity contribution in [2.24, 2.45) is 0 Å². The molecule has 1 aromatic heterocycles. The van der Waals surface area contributed by atoms with Crippen LogP contribution in [0.4, 0.5) is 4.39 Å². The summed E-state index contributed by atoms with van der Waals surface area (Å²) in [5.41, 5.74) is 0.198. The number of hydrogen-bond donors (Lipinski definition) is 0. The van der Waals surface area contributed by atoms with Crippen LogP contribution >= 0.6 is 0 Å². The molecule has 0 aliphatic heterocycles. The first kappa shape index (κ1) is 12.0. The number of Topliss-reactive ketones (excluding diaryl/α,β-unsaturated/α-hetero) is 1. The molecule has 0 amide bonds. The lowest BCUT2D eigenvalue weighted by atomic mass is 10.1. The van der Waals surface area contributed by atoms with Crippen molar-refractivity contribution in [3.05, 3.63) is 53.4 Å². The molecule has 0 unspecified atom stereocenters. The molecule has 0 fully saturated rings. The summed E-state index contributed by atoms with van der Waals surface area (Å²) in [6.07, 6.45) is 3.23. The minimum atomic E-state index is -0.614. The first-order valence-corrected chi connectivity index (χ1v) is 5.32. The second kappa shape index (κ2) is 4.80. The maximum Gasteiger partial charge on any atom is 0.185 e. The van der Waals surface area contributed by atoms with Gasteiger partial charge in [0.15, 0.2) is 5.78 Å². The van der Waals surface area contributed by atoms with Crippen molar-refractivity contribution in [1.29, 1.82) is 5.26 Å². The fourth-order valence-corrected chi connectivity index (χ4v) is 1.62. The summed E-state index contributed by atoms with van der Waals surface area (Å²) in [7, 11) is 0. The maximum absolute atomic E-state index is 13.5. The van der Waals surface area contributed by atoms with E-state index in [0.717, 1.165) is 6.07 Å². The molecule has 0 N–H and O–H groups in total. The standard InChI is InChI=1S/C13H10FN3O/c1-9-16-4-5-17(9)8-13(18)11-6-10(7-15)2-3-12(11)14/h2-6H,8H2,1H3. The highest BCUT2D eigenvalue weighted by Crippen LogP contribution is 2.12. The Morgan fingerprint density at radius 1 is 1.56 bits per heavy atom. The van der Waals surface area contributed by atoms with Crippen LogP contribution in [-0.2, 0) is 6.54 Å². The van der Waals surface area contributed by atoms with E-state index in [1.165, 1.54) is 12.1 Å². The largest absolute Gasteiger partial charge is 0.327 e. The number of ketones is 1. The van der Waals surface area contributed by atoms with Gasteiger partial charge in [-0.25, -0.2) is 9.37 Å². The van der Waals surface area contributed by atoms with Crippen molar-refractivity contribution < 1.29 is 9.18 Å². The van der Waals surface area contributed by atoms with E-state index in [9.17, 15) is 9.18 Å². The summed E-state index contributed by atoms with van der Waals surface area (Å²) in [5, 5.41) is 8.74. The molecule has 0 saturated carbocycles. The molecule has 0 saturated heterocycles. The first-order valence-electron chi connectivity index (χ1n) is 5.32. The zero-order valence-corrected chi connectivity index (χ0v) is 9.72. The van der Waals surface area contributed by atoms with Gasteiger partial charge in [0.25, 0.3) is 0 Å². The van der Waals surface area contributed by atoms with Crippen LogP contribution in [0.15, 0.2) is 30.6 Å². The number of aryl methyl sites for hydroxylation is 1. The lowest BCUT2D eigenvalue weighted by molar-refractivity contribution is 0.0967. The van der Waals surface area contributed by atoms with E-state index in [-0.39, 0.29) is 23.5 Å². The van der Waals surface area contributed by atoms with Crippen molar-refractivity contribution in [3.63, 3.8) is 0 Å². The van der Waals surface area contributed by atoms with Gasteiger partial charge in [0, 0.05) is 12.4 Å². The van der Waals surface area contributed by atoms with Gasteiger partial charge in [-0.05, 0) is 25.1 Å². The van der Waals surface area contributed by atoms with Crippen LogP contribution < -0.4 is 0 Å². The maximum atomic E-state index is 13.5. The molecule has 0 atom stereocenters. The molecule has 90 valence electrons. The topological polar surface area (TPSA) is 58.7 Å². The predicted molar refractivity (Wildman–Crippen MR) is 62.4 cm³/mol. The lowest BCUT2D eigenvalue weighted by Gasteiger charge is -2.05. The SMILES string of the molecule is Cc1nccn1CC(=O)c1cc(C#N)ccc1F. The number of nitrogens with zero attached hydrogens (tertiary/aromatic N) is 3. The summed E-state index contributed by atoms with van der Waals surface area (Å²) in [4.78, 5) is 15.9. The van der Waals surface area contributed by atoms with E-state index in [1.54, 1.807) is 23.9 Å². The molecule has 18 heavy (non-hydrogen) atoms. The molecule has 0 aliphatic carbocycles. The Hall–Kier alpha value is -2.48. The van der Waals surface area contributed by atoms with Gasteiger partial charge in [0.1, 0.15) is 11.6 Å². The Balaban J connectivity index is 2.29. The number of carbonyl (C=O) groups excluding carboxylic acids is 1.